The van der Waals surface area contributed by atoms with Gasteiger partial charge in [-0.2, -0.15) is 0 Å². The molecule has 4 unspecified atom stereocenters. The molecular formula is C59H102O12. The summed E-state index contributed by atoms with van der Waals surface area (Å²) in [6.45, 7) is 19.9. The lowest BCUT2D eigenvalue weighted by atomic mass is 9.50. The van der Waals surface area contributed by atoms with E-state index in [1.165, 1.54) is 122 Å². The van der Waals surface area contributed by atoms with Crippen LogP contribution in [0.1, 0.15) is 223 Å². The maximum absolute atomic E-state index is 11.6. The Kier molecular flexibility index (Phi) is 25.4. The van der Waals surface area contributed by atoms with E-state index in [1.807, 2.05) is 55.4 Å². The summed E-state index contributed by atoms with van der Waals surface area (Å²) in [6, 6.07) is 0. The molecule has 410 valence electrons. The van der Waals surface area contributed by atoms with Crippen molar-refractivity contribution < 1.29 is 57.1 Å². The molecule has 0 aromatic carbocycles. The predicted molar refractivity (Wildman–Crippen MR) is 275 cm³/mol. The first-order chi connectivity index (χ1) is 34.1. The molecule has 0 heterocycles. The summed E-state index contributed by atoms with van der Waals surface area (Å²) in [5, 5.41) is 0. The molecule has 0 aliphatic heterocycles. The van der Waals surface area contributed by atoms with Crippen LogP contribution in [0.3, 0.4) is 0 Å². The maximum Gasteiger partial charge on any atom is 0.310 e. The van der Waals surface area contributed by atoms with Crippen LogP contribution in [0.2, 0.25) is 0 Å². The van der Waals surface area contributed by atoms with Crippen molar-refractivity contribution in [2.45, 2.75) is 235 Å². The van der Waals surface area contributed by atoms with E-state index in [0.717, 1.165) is 86.6 Å². The number of esters is 4. The average molecular weight is 1000 g/mol. The normalized spacial score (nSPS) is 31.5. The fourth-order valence-corrected chi connectivity index (χ4v) is 13.7. The molecule has 0 saturated heterocycles. The Balaban J connectivity index is 0.000000177. The lowest BCUT2D eigenvalue weighted by Crippen LogP contribution is -2.49. The molecule has 12 heteroatoms. The molecule has 0 radical (unpaired) electrons. The van der Waals surface area contributed by atoms with E-state index in [-0.39, 0.29) is 74.7 Å². The van der Waals surface area contributed by atoms with Gasteiger partial charge in [0.05, 0.1) is 49.1 Å². The van der Waals surface area contributed by atoms with Crippen molar-refractivity contribution in [1.82, 2.24) is 0 Å². The summed E-state index contributed by atoms with van der Waals surface area (Å²) in [6.07, 6.45) is 31.6. The van der Waals surface area contributed by atoms with Gasteiger partial charge in [-0.3, -0.25) is 19.2 Å². The van der Waals surface area contributed by atoms with E-state index in [4.69, 9.17) is 37.9 Å². The molecule has 10 rings (SSSR count). The number of ether oxygens (including phenoxy) is 8. The summed E-state index contributed by atoms with van der Waals surface area (Å²) in [4.78, 5) is 45.9. The third-order valence-electron chi connectivity index (χ3n) is 18.4. The van der Waals surface area contributed by atoms with Crippen molar-refractivity contribution in [2.75, 3.05) is 40.4 Å². The van der Waals surface area contributed by atoms with Crippen LogP contribution in [0.25, 0.3) is 0 Å². The van der Waals surface area contributed by atoms with Crippen molar-refractivity contribution >= 4 is 23.9 Å². The Morgan fingerprint density at radius 2 is 0.817 bits per heavy atom. The minimum Gasteiger partial charge on any atom is -0.438 e. The van der Waals surface area contributed by atoms with Crippen LogP contribution in [-0.4, -0.2) is 76.5 Å². The van der Waals surface area contributed by atoms with E-state index in [1.54, 1.807) is 0 Å². The first-order valence-electron chi connectivity index (χ1n) is 29.1. The predicted octanol–water partition coefficient (Wildman–Crippen LogP) is 13.5. The second kappa shape index (κ2) is 30.3. The highest BCUT2D eigenvalue weighted by atomic mass is 16.7. The molecular weight excluding hydrogens is 901 g/mol. The van der Waals surface area contributed by atoms with Gasteiger partial charge in [-0.15, -0.1) is 0 Å². The Bertz CT molecular complexity index is 1510. The standard InChI is InChI=1S/C17H28O3.C16H26O3.C14H26O3.C12H22O3/c1-3-12(2)16(18)20-11-19-10-17-7-13-4-14(8-17)6-15(5-13)9-17;1-3-10(2)16(17)19-9-18-15-13-5-11-4-12(7-13)8-14(15)6-11;1-4-12(2)13(15)17-11-16-10-14(3)8-6-5-7-9-14;1-3-10(2)12(13)15-9-14-11-7-5-4-6-8-11/h12-15H,3-11H2,1-2H3;10-15H,3-9H2,1-2H3;12H,4-11H2,1-3H3;10-11H,3-9H2,1-2H3. The third kappa shape index (κ3) is 19.4. The second-order valence-electron chi connectivity index (χ2n) is 24.5. The molecule has 10 aliphatic carbocycles. The Labute approximate surface area is 430 Å². The molecule has 71 heavy (non-hydrogen) atoms. The summed E-state index contributed by atoms with van der Waals surface area (Å²) in [5.41, 5.74) is 0.707. The lowest BCUT2D eigenvalue weighted by Gasteiger charge is -2.56. The molecule has 0 spiro atoms. The van der Waals surface area contributed by atoms with Crippen LogP contribution in [-0.2, 0) is 57.1 Å². The molecule has 10 aliphatic rings. The number of carbonyl (C=O) groups excluding carboxylic acids is 4. The molecule has 8 bridgehead atoms. The van der Waals surface area contributed by atoms with Crippen molar-refractivity contribution in [1.29, 1.82) is 0 Å². The molecule has 10 saturated carbocycles. The van der Waals surface area contributed by atoms with Crippen molar-refractivity contribution in [2.24, 2.45) is 75.9 Å². The van der Waals surface area contributed by atoms with Crippen LogP contribution in [0.4, 0.5) is 0 Å². The van der Waals surface area contributed by atoms with Crippen LogP contribution >= 0.6 is 0 Å². The molecule has 4 atom stereocenters. The lowest BCUT2D eigenvalue weighted by molar-refractivity contribution is -0.189. The molecule has 0 amide bonds. The third-order valence-corrected chi connectivity index (χ3v) is 18.4. The van der Waals surface area contributed by atoms with Crippen molar-refractivity contribution in [3.05, 3.63) is 0 Å². The largest absolute Gasteiger partial charge is 0.438 e. The van der Waals surface area contributed by atoms with Crippen LogP contribution < -0.4 is 0 Å². The Hall–Kier alpha value is -2.28. The van der Waals surface area contributed by atoms with Gasteiger partial charge in [0.15, 0.2) is 27.2 Å². The first kappa shape index (κ1) is 59.6. The Morgan fingerprint density at radius 3 is 1.24 bits per heavy atom. The van der Waals surface area contributed by atoms with E-state index in [9.17, 15) is 19.2 Å². The highest BCUT2D eigenvalue weighted by Crippen LogP contribution is 2.60. The number of hydrogen-bond acceptors (Lipinski definition) is 12. The minimum absolute atomic E-state index is 0.0119. The van der Waals surface area contributed by atoms with Gasteiger partial charge in [-0.25, -0.2) is 0 Å². The van der Waals surface area contributed by atoms with E-state index in [2.05, 4.69) is 6.92 Å². The fraction of sp³-hybridized carbons (Fsp3) is 0.932. The van der Waals surface area contributed by atoms with E-state index < -0.39 is 0 Å². The molecule has 0 N–H and O–H groups in total. The second-order valence-corrected chi connectivity index (χ2v) is 24.5. The van der Waals surface area contributed by atoms with Gasteiger partial charge in [0.1, 0.15) is 0 Å². The summed E-state index contributed by atoms with van der Waals surface area (Å²) < 4.78 is 43.2. The number of hydrogen-bond donors (Lipinski definition) is 0. The van der Waals surface area contributed by atoms with Crippen LogP contribution in [0.15, 0.2) is 0 Å². The van der Waals surface area contributed by atoms with Gasteiger partial charge < -0.3 is 37.9 Å². The highest BCUT2D eigenvalue weighted by molar-refractivity contribution is 5.72. The zero-order valence-corrected chi connectivity index (χ0v) is 46.3. The monoisotopic (exact) mass is 1000 g/mol. The average Bonchev–Trinajstić information content (AvgIpc) is 3.36. The van der Waals surface area contributed by atoms with E-state index >= 15 is 0 Å². The number of carbonyl (C=O) groups is 4. The number of rotatable bonds is 22. The van der Waals surface area contributed by atoms with Gasteiger partial charge in [-0.05, 0) is 174 Å². The first-order valence-corrected chi connectivity index (χ1v) is 29.1. The zero-order chi connectivity index (χ0) is 51.4. The van der Waals surface area contributed by atoms with Gasteiger partial charge in [-0.1, -0.05) is 101 Å². The topological polar surface area (TPSA) is 142 Å². The van der Waals surface area contributed by atoms with Gasteiger partial charge in [0, 0.05) is 0 Å². The minimum atomic E-state index is -0.152. The van der Waals surface area contributed by atoms with E-state index in [0.29, 0.717) is 29.6 Å². The van der Waals surface area contributed by atoms with Crippen LogP contribution in [0, 0.1) is 75.9 Å². The summed E-state index contributed by atoms with van der Waals surface area (Å²) in [7, 11) is 0. The molecule has 10 fully saturated rings. The van der Waals surface area contributed by atoms with Crippen molar-refractivity contribution in [3.8, 4) is 0 Å². The molecule has 0 aromatic rings. The zero-order valence-electron chi connectivity index (χ0n) is 46.3. The summed E-state index contributed by atoms with van der Waals surface area (Å²) in [5.74, 6) is 5.64. The molecule has 12 nitrogen and oxygen atoms in total. The van der Waals surface area contributed by atoms with Gasteiger partial charge >= 0.3 is 23.9 Å². The Morgan fingerprint density at radius 1 is 0.451 bits per heavy atom. The molecule has 0 aromatic heterocycles. The van der Waals surface area contributed by atoms with Crippen LogP contribution in [0.5, 0.6) is 0 Å². The quantitative estimate of drug-likeness (QED) is 0.0441. The smallest absolute Gasteiger partial charge is 0.310 e. The highest BCUT2D eigenvalue weighted by Gasteiger charge is 2.51. The van der Waals surface area contributed by atoms with Gasteiger partial charge in [0.2, 0.25) is 0 Å². The fourth-order valence-electron chi connectivity index (χ4n) is 13.7. The maximum atomic E-state index is 11.6. The van der Waals surface area contributed by atoms with Crippen molar-refractivity contribution in [3.63, 3.8) is 0 Å². The van der Waals surface area contributed by atoms with Gasteiger partial charge in [0.25, 0.3) is 0 Å². The summed E-state index contributed by atoms with van der Waals surface area (Å²) >= 11 is 0. The SMILES string of the molecule is CCC(C)C(=O)OCOC1C2CC3CC(C2)CC1C3.CCC(C)C(=O)OCOC1CCCCC1.CCC(C)C(=O)OCOCC1(C)CCCCC1.CCC(C)C(=O)OCOCC12CC3CC(CC(C3)C1)C2.